The first-order valence-corrected chi connectivity index (χ1v) is 10.3. The number of ether oxygens (including phenoxy) is 2. The largest absolute Gasteiger partial charge is 0.494 e. The Morgan fingerprint density at radius 3 is 2.86 bits per heavy atom. The number of carbonyl (C=O) groups is 1. The van der Waals surface area contributed by atoms with Gasteiger partial charge in [0.05, 0.1) is 6.61 Å². The van der Waals surface area contributed by atoms with Crippen LogP contribution in [0.5, 0.6) is 11.5 Å². The van der Waals surface area contributed by atoms with Gasteiger partial charge in [-0.25, -0.2) is 0 Å². The number of fused-ring (bicyclic) bond motifs is 1. The number of hydrogen-bond donors (Lipinski definition) is 3. The van der Waals surface area contributed by atoms with E-state index in [1.807, 2.05) is 6.92 Å². The molecular formula is C21H32N4O3. The molecule has 1 fully saturated rings. The van der Waals surface area contributed by atoms with Crippen molar-refractivity contribution in [3.05, 3.63) is 23.3 Å². The van der Waals surface area contributed by atoms with Crippen molar-refractivity contribution >= 4 is 11.9 Å². The Morgan fingerprint density at radius 1 is 1.32 bits per heavy atom. The summed E-state index contributed by atoms with van der Waals surface area (Å²) in [6.07, 6.45) is 4.68. The Hall–Kier alpha value is -2.44. The number of amides is 1. The van der Waals surface area contributed by atoms with Crippen LogP contribution in [0.1, 0.15) is 50.7 Å². The second-order valence-corrected chi connectivity index (χ2v) is 7.43. The third-order valence-corrected chi connectivity index (χ3v) is 4.86. The summed E-state index contributed by atoms with van der Waals surface area (Å²) in [6.45, 7) is 5.97. The number of aliphatic imine (C=N–C) groups is 1. The minimum atomic E-state index is 0.140. The van der Waals surface area contributed by atoms with E-state index in [1.165, 1.54) is 5.56 Å². The fourth-order valence-electron chi connectivity index (χ4n) is 3.29. The number of guanidine groups is 1. The molecule has 28 heavy (non-hydrogen) atoms. The Kier molecular flexibility index (Phi) is 7.01. The molecule has 1 saturated carbocycles. The summed E-state index contributed by atoms with van der Waals surface area (Å²) < 4.78 is 11.7. The summed E-state index contributed by atoms with van der Waals surface area (Å²) in [5.74, 6) is 2.68. The van der Waals surface area contributed by atoms with Gasteiger partial charge in [0.25, 0.3) is 0 Å². The molecule has 1 atom stereocenters. The molecule has 2 aliphatic rings. The monoisotopic (exact) mass is 388 g/mol. The highest BCUT2D eigenvalue weighted by Crippen LogP contribution is 2.35. The van der Waals surface area contributed by atoms with E-state index in [4.69, 9.17) is 9.47 Å². The van der Waals surface area contributed by atoms with Crippen molar-refractivity contribution in [3.8, 4) is 11.5 Å². The number of benzene rings is 1. The SMILES string of the molecule is CCOc1cc2c(cc1CNC(=NC)NCCCC(=O)NC1CC1)OC(C)C2. The lowest BCUT2D eigenvalue weighted by molar-refractivity contribution is -0.121. The summed E-state index contributed by atoms with van der Waals surface area (Å²) in [6, 6.07) is 4.58. The molecule has 7 nitrogen and oxygen atoms in total. The van der Waals surface area contributed by atoms with Gasteiger partial charge in [0.2, 0.25) is 5.91 Å². The molecule has 3 N–H and O–H groups in total. The standard InChI is InChI=1S/C21H32N4O3/c1-4-27-18-11-15-10-14(2)28-19(15)12-16(18)13-24-21(22-3)23-9-5-6-20(26)25-17-7-8-17/h11-12,14,17H,4-10,13H2,1-3H3,(H,25,26)(H2,22,23,24). The first kappa shape index (κ1) is 20.3. The molecule has 0 saturated heterocycles. The highest BCUT2D eigenvalue weighted by atomic mass is 16.5. The highest BCUT2D eigenvalue weighted by Gasteiger charge is 2.23. The molecule has 0 radical (unpaired) electrons. The number of nitrogens with zero attached hydrogens (tertiary/aromatic N) is 1. The van der Waals surface area contributed by atoms with Crippen molar-refractivity contribution in [1.82, 2.24) is 16.0 Å². The van der Waals surface area contributed by atoms with E-state index in [-0.39, 0.29) is 12.0 Å². The molecule has 0 aromatic heterocycles. The molecule has 7 heteroatoms. The van der Waals surface area contributed by atoms with Crippen LogP contribution in [0.25, 0.3) is 0 Å². The molecule has 154 valence electrons. The van der Waals surface area contributed by atoms with Crippen LogP contribution in [0, 0.1) is 0 Å². The van der Waals surface area contributed by atoms with Gasteiger partial charge in [-0.05, 0) is 45.2 Å². The molecule has 1 aromatic carbocycles. The smallest absolute Gasteiger partial charge is 0.220 e. The lowest BCUT2D eigenvalue weighted by Crippen LogP contribution is -2.37. The summed E-state index contributed by atoms with van der Waals surface area (Å²) in [4.78, 5) is 16.0. The second kappa shape index (κ2) is 9.66. The third kappa shape index (κ3) is 5.78. The molecule has 3 rings (SSSR count). The molecule has 0 spiro atoms. The van der Waals surface area contributed by atoms with Crippen molar-refractivity contribution in [1.29, 1.82) is 0 Å². The average molecular weight is 389 g/mol. The minimum Gasteiger partial charge on any atom is -0.494 e. The molecular weight excluding hydrogens is 356 g/mol. The van der Waals surface area contributed by atoms with Crippen molar-refractivity contribution in [2.45, 2.75) is 64.6 Å². The van der Waals surface area contributed by atoms with E-state index in [1.54, 1.807) is 7.05 Å². The number of hydrogen-bond acceptors (Lipinski definition) is 4. The van der Waals surface area contributed by atoms with Gasteiger partial charge in [0, 0.05) is 50.1 Å². The van der Waals surface area contributed by atoms with Gasteiger partial charge in [-0.15, -0.1) is 0 Å². The van der Waals surface area contributed by atoms with E-state index in [0.29, 0.717) is 38.1 Å². The lowest BCUT2D eigenvalue weighted by Gasteiger charge is -2.15. The summed E-state index contributed by atoms with van der Waals surface area (Å²) in [5.41, 5.74) is 2.24. The van der Waals surface area contributed by atoms with E-state index < -0.39 is 0 Å². The number of rotatable bonds is 9. The van der Waals surface area contributed by atoms with Crippen LogP contribution in [0.2, 0.25) is 0 Å². The van der Waals surface area contributed by atoms with Crippen LogP contribution in [-0.4, -0.2) is 44.2 Å². The maximum Gasteiger partial charge on any atom is 0.220 e. The van der Waals surface area contributed by atoms with Crippen molar-refractivity contribution < 1.29 is 14.3 Å². The Labute approximate surface area is 167 Å². The zero-order valence-electron chi connectivity index (χ0n) is 17.1. The molecule has 1 aliphatic heterocycles. The second-order valence-electron chi connectivity index (χ2n) is 7.43. The maximum atomic E-state index is 11.7. The lowest BCUT2D eigenvalue weighted by atomic mass is 10.1. The van der Waals surface area contributed by atoms with E-state index >= 15 is 0 Å². The Morgan fingerprint density at radius 2 is 2.14 bits per heavy atom. The summed E-state index contributed by atoms with van der Waals surface area (Å²) in [7, 11) is 1.74. The first-order chi connectivity index (χ1) is 13.6. The Balaban J connectivity index is 1.47. The molecule has 1 aliphatic carbocycles. The highest BCUT2D eigenvalue weighted by molar-refractivity contribution is 5.80. The predicted octanol–water partition coefficient (Wildman–Crippen LogP) is 2.13. The maximum absolute atomic E-state index is 11.7. The van der Waals surface area contributed by atoms with Crippen LogP contribution in [0.15, 0.2) is 17.1 Å². The van der Waals surface area contributed by atoms with Gasteiger partial charge >= 0.3 is 0 Å². The van der Waals surface area contributed by atoms with E-state index in [0.717, 1.165) is 42.7 Å². The van der Waals surface area contributed by atoms with Crippen LogP contribution < -0.4 is 25.4 Å². The molecule has 1 heterocycles. The number of carbonyl (C=O) groups excluding carboxylic acids is 1. The van der Waals surface area contributed by atoms with E-state index in [9.17, 15) is 4.79 Å². The zero-order valence-corrected chi connectivity index (χ0v) is 17.1. The number of nitrogens with one attached hydrogen (secondary N) is 3. The third-order valence-electron chi connectivity index (χ3n) is 4.86. The van der Waals surface area contributed by atoms with Crippen LogP contribution in [-0.2, 0) is 17.8 Å². The summed E-state index contributed by atoms with van der Waals surface area (Å²) in [5, 5.41) is 9.59. The topological polar surface area (TPSA) is 84.0 Å². The normalized spacial score (nSPS) is 18.2. The van der Waals surface area contributed by atoms with Crippen molar-refractivity contribution in [2.75, 3.05) is 20.2 Å². The first-order valence-electron chi connectivity index (χ1n) is 10.3. The predicted molar refractivity (Wildman–Crippen MR) is 110 cm³/mol. The quantitative estimate of drug-likeness (QED) is 0.343. The van der Waals surface area contributed by atoms with Crippen LogP contribution >= 0.6 is 0 Å². The molecule has 1 amide bonds. The van der Waals surface area contributed by atoms with Gasteiger partial charge in [0.1, 0.15) is 17.6 Å². The van der Waals surface area contributed by atoms with Crippen LogP contribution in [0.3, 0.4) is 0 Å². The minimum absolute atomic E-state index is 0.140. The van der Waals surface area contributed by atoms with Gasteiger partial charge in [-0.1, -0.05) is 0 Å². The van der Waals surface area contributed by atoms with Gasteiger partial charge in [-0.2, -0.15) is 0 Å². The van der Waals surface area contributed by atoms with Crippen LogP contribution in [0.4, 0.5) is 0 Å². The molecule has 0 bridgehead atoms. The van der Waals surface area contributed by atoms with E-state index in [2.05, 4.69) is 40.0 Å². The molecule has 1 aromatic rings. The van der Waals surface area contributed by atoms with Gasteiger partial charge in [-0.3, -0.25) is 9.79 Å². The summed E-state index contributed by atoms with van der Waals surface area (Å²) >= 11 is 0. The fraction of sp³-hybridized carbons (Fsp3) is 0.619. The zero-order chi connectivity index (χ0) is 19.9. The average Bonchev–Trinajstić information content (AvgIpc) is 3.40. The Bertz CT molecular complexity index is 716. The van der Waals surface area contributed by atoms with Crippen molar-refractivity contribution in [3.63, 3.8) is 0 Å². The van der Waals surface area contributed by atoms with Gasteiger partial charge in [0.15, 0.2) is 5.96 Å². The van der Waals surface area contributed by atoms with Gasteiger partial charge < -0.3 is 25.4 Å². The fourth-order valence-corrected chi connectivity index (χ4v) is 3.29. The molecule has 1 unspecified atom stereocenters. The van der Waals surface area contributed by atoms with Crippen molar-refractivity contribution in [2.24, 2.45) is 4.99 Å².